The fourth-order valence-corrected chi connectivity index (χ4v) is 1.22. The van der Waals surface area contributed by atoms with Crippen LogP contribution in [0.3, 0.4) is 0 Å². The van der Waals surface area contributed by atoms with Crippen molar-refractivity contribution in [2.24, 2.45) is 5.73 Å². The average molecular weight is 181 g/mol. The monoisotopic (exact) mass is 181 g/mol. The van der Waals surface area contributed by atoms with E-state index in [0.717, 1.165) is 16.9 Å². The van der Waals surface area contributed by atoms with E-state index >= 15 is 0 Å². The van der Waals surface area contributed by atoms with Gasteiger partial charge in [-0.15, -0.1) is 0 Å². The molecule has 0 radical (unpaired) electrons. The summed E-state index contributed by atoms with van der Waals surface area (Å²) in [5.74, 6) is 0.738. The van der Waals surface area contributed by atoms with Crippen LogP contribution in [0.15, 0.2) is 18.2 Å². The van der Waals surface area contributed by atoms with Crippen LogP contribution in [-0.2, 0) is 0 Å². The van der Waals surface area contributed by atoms with E-state index in [4.69, 9.17) is 15.6 Å². The van der Waals surface area contributed by atoms with Gasteiger partial charge in [0.2, 0.25) is 0 Å². The van der Waals surface area contributed by atoms with Gasteiger partial charge in [-0.1, -0.05) is 12.1 Å². The van der Waals surface area contributed by atoms with E-state index in [1.54, 1.807) is 7.11 Å². The molecule has 1 aromatic carbocycles. The number of ether oxygens (including phenoxy) is 1. The Labute approximate surface area is 78.1 Å². The van der Waals surface area contributed by atoms with Crippen LogP contribution in [0, 0.1) is 6.92 Å². The summed E-state index contributed by atoms with van der Waals surface area (Å²) < 4.78 is 5.16. The largest absolute Gasteiger partial charge is 0.496 e. The third-order valence-corrected chi connectivity index (χ3v) is 1.99. The third-order valence-electron chi connectivity index (χ3n) is 1.99. The van der Waals surface area contributed by atoms with Crippen molar-refractivity contribution in [1.82, 2.24) is 0 Å². The van der Waals surface area contributed by atoms with Crippen molar-refractivity contribution in [3.8, 4) is 5.75 Å². The van der Waals surface area contributed by atoms with Gasteiger partial charge >= 0.3 is 0 Å². The van der Waals surface area contributed by atoms with Gasteiger partial charge in [0.25, 0.3) is 0 Å². The number of aryl methyl sites for hydroxylation is 1. The lowest BCUT2D eigenvalue weighted by atomic mass is 10.1. The summed E-state index contributed by atoms with van der Waals surface area (Å²) >= 11 is 0. The van der Waals surface area contributed by atoms with E-state index in [2.05, 4.69) is 0 Å². The number of aliphatic hydroxyl groups excluding tert-OH is 1. The van der Waals surface area contributed by atoms with Gasteiger partial charge in [0.05, 0.1) is 19.8 Å². The number of hydrogen-bond acceptors (Lipinski definition) is 3. The lowest BCUT2D eigenvalue weighted by Crippen LogP contribution is -2.15. The van der Waals surface area contributed by atoms with Gasteiger partial charge in [0, 0.05) is 5.56 Å². The normalized spacial score (nSPS) is 12.6. The molecule has 0 aliphatic rings. The van der Waals surface area contributed by atoms with Crippen molar-refractivity contribution in [3.05, 3.63) is 29.3 Å². The van der Waals surface area contributed by atoms with Crippen molar-refractivity contribution in [3.63, 3.8) is 0 Å². The van der Waals surface area contributed by atoms with E-state index in [1.807, 2.05) is 25.1 Å². The van der Waals surface area contributed by atoms with Crippen LogP contribution in [0.4, 0.5) is 0 Å². The van der Waals surface area contributed by atoms with Gasteiger partial charge in [0.15, 0.2) is 0 Å². The van der Waals surface area contributed by atoms with Gasteiger partial charge in [-0.2, -0.15) is 0 Å². The topological polar surface area (TPSA) is 55.5 Å². The molecule has 3 heteroatoms. The molecule has 0 bridgehead atoms. The summed E-state index contributed by atoms with van der Waals surface area (Å²) in [5.41, 5.74) is 7.65. The third kappa shape index (κ3) is 2.20. The second kappa shape index (κ2) is 4.25. The first-order valence-corrected chi connectivity index (χ1v) is 4.20. The molecule has 0 saturated carbocycles. The smallest absolute Gasteiger partial charge is 0.123 e. The summed E-state index contributed by atoms with van der Waals surface area (Å²) in [6, 6.07) is 5.38. The maximum absolute atomic E-state index is 8.90. The number of methoxy groups -OCH3 is 1. The Balaban J connectivity index is 3.05. The number of hydrogen-bond donors (Lipinski definition) is 2. The number of benzene rings is 1. The Morgan fingerprint density at radius 2 is 2.23 bits per heavy atom. The minimum absolute atomic E-state index is 0.0700. The van der Waals surface area contributed by atoms with Crippen LogP contribution in [0.2, 0.25) is 0 Å². The quantitative estimate of drug-likeness (QED) is 0.731. The molecule has 0 aliphatic heterocycles. The molecule has 0 fully saturated rings. The Kier molecular flexibility index (Phi) is 3.28. The number of rotatable bonds is 3. The number of nitrogens with two attached hydrogens (primary N) is 1. The molecule has 1 atom stereocenters. The predicted molar refractivity (Wildman–Crippen MR) is 51.7 cm³/mol. The maximum atomic E-state index is 8.90. The van der Waals surface area contributed by atoms with Crippen LogP contribution in [0.1, 0.15) is 17.2 Å². The van der Waals surface area contributed by atoms with E-state index in [-0.39, 0.29) is 12.6 Å². The highest BCUT2D eigenvalue weighted by Gasteiger charge is 2.10. The Morgan fingerprint density at radius 3 is 2.77 bits per heavy atom. The van der Waals surface area contributed by atoms with E-state index in [9.17, 15) is 0 Å². The maximum Gasteiger partial charge on any atom is 0.123 e. The minimum Gasteiger partial charge on any atom is -0.496 e. The molecule has 0 heterocycles. The molecule has 0 spiro atoms. The van der Waals surface area contributed by atoms with Gasteiger partial charge in [-0.05, 0) is 18.6 Å². The summed E-state index contributed by atoms with van der Waals surface area (Å²) in [6.07, 6.45) is 0. The minimum atomic E-state index is -0.365. The molecule has 72 valence electrons. The first kappa shape index (κ1) is 10.0. The highest BCUT2D eigenvalue weighted by atomic mass is 16.5. The second-order valence-corrected chi connectivity index (χ2v) is 3.03. The lowest BCUT2D eigenvalue weighted by molar-refractivity contribution is 0.264. The molecular weight excluding hydrogens is 166 g/mol. The van der Waals surface area contributed by atoms with E-state index in [1.165, 1.54) is 0 Å². The molecule has 3 N–H and O–H groups in total. The van der Waals surface area contributed by atoms with Gasteiger partial charge < -0.3 is 15.6 Å². The van der Waals surface area contributed by atoms with E-state index in [0.29, 0.717) is 0 Å². The van der Waals surface area contributed by atoms with Crippen LogP contribution >= 0.6 is 0 Å². The Morgan fingerprint density at radius 1 is 1.54 bits per heavy atom. The molecule has 0 amide bonds. The van der Waals surface area contributed by atoms with Gasteiger partial charge in [0.1, 0.15) is 5.75 Å². The standard InChI is InChI=1S/C10H15NO2/c1-7-3-4-8(9(11)6-12)10(5-7)13-2/h3-5,9,12H,6,11H2,1-2H3. The lowest BCUT2D eigenvalue weighted by Gasteiger charge is -2.13. The fourth-order valence-electron chi connectivity index (χ4n) is 1.22. The summed E-state index contributed by atoms with van der Waals surface area (Å²) in [4.78, 5) is 0. The summed E-state index contributed by atoms with van der Waals surface area (Å²) in [7, 11) is 1.60. The van der Waals surface area contributed by atoms with Crippen molar-refractivity contribution >= 4 is 0 Å². The molecule has 0 aliphatic carbocycles. The van der Waals surface area contributed by atoms with Crippen LogP contribution in [0.25, 0.3) is 0 Å². The van der Waals surface area contributed by atoms with E-state index < -0.39 is 0 Å². The highest BCUT2D eigenvalue weighted by Crippen LogP contribution is 2.24. The van der Waals surface area contributed by atoms with Crippen molar-refractivity contribution in [2.75, 3.05) is 13.7 Å². The average Bonchev–Trinajstić information content (AvgIpc) is 2.16. The van der Waals surface area contributed by atoms with Gasteiger partial charge in [-0.3, -0.25) is 0 Å². The van der Waals surface area contributed by atoms with Crippen molar-refractivity contribution < 1.29 is 9.84 Å². The molecule has 1 aromatic rings. The van der Waals surface area contributed by atoms with Crippen LogP contribution in [0.5, 0.6) is 5.75 Å². The molecule has 13 heavy (non-hydrogen) atoms. The molecular formula is C10H15NO2. The van der Waals surface area contributed by atoms with Crippen molar-refractivity contribution in [2.45, 2.75) is 13.0 Å². The zero-order valence-corrected chi connectivity index (χ0v) is 7.95. The SMILES string of the molecule is COc1cc(C)ccc1C(N)CO. The molecule has 0 saturated heterocycles. The first-order valence-electron chi connectivity index (χ1n) is 4.20. The summed E-state index contributed by atoms with van der Waals surface area (Å²) in [6.45, 7) is 1.91. The van der Waals surface area contributed by atoms with Crippen molar-refractivity contribution in [1.29, 1.82) is 0 Å². The zero-order valence-electron chi connectivity index (χ0n) is 7.95. The van der Waals surface area contributed by atoms with Gasteiger partial charge in [-0.25, -0.2) is 0 Å². The number of aliphatic hydroxyl groups is 1. The molecule has 3 nitrogen and oxygen atoms in total. The Hall–Kier alpha value is -1.06. The second-order valence-electron chi connectivity index (χ2n) is 3.03. The zero-order chi connectivity index (χ0) is 9.84. The molecule has 1 unspecified atom stereocenters. The highest BCUT2D eigenvalue weighted by molar-refractivity contribution is 5.39. The fraction of sp³-hybridized carbons (Fsp3) is 0.400. The Bertz CT molecular complexity index is 286. The molecule has 1 rings (SSSR count). The first-order chi connectivity index (χ1) is 6.19. The molecule has 0 aromatic heterocycles. The summed E-state index contributed by atoms with van der Waals surface area (Å²) in [5, 5.41) is 8.90. The van der Waals surface area contributed by atoms with Crippen LogP contribution < -0.4 is 10.5 Å². The predicted octanol–water partition coefficient (Wildman–Crippen LogP) is 0.996. The van der Waals surface area contributed by atoms with Crippen LogP contribution in [-0.4, -0.2) is 18.8 Å².